The minimum atomic E-state index is -0.465. The fourth-order valence-electron chi connectivity index (χ4n) is 1.15. The van der Waals surface area contributed by atoms with Gasteiger partial charge in [0, 0.05) is 25.8 Å². The van der Waals surface area contributed by atoms with Crippen LogP contribution < -0.4 is 9.64 Å². The van der Waals surface area contributed by atoms with E-state index in [0.29, 0.717) is 0 Å². The molecule has 0 radical (unpaired) electrons. The molecule has 1 aromatic rings. The quantitative estimate of drug-likeness (QED) is 0.822. The number of nitrogens with zero attached hydrogens (tertiary/aromatic N) is 1. The van der Waals surface area contributed by atoms with Crippen LogP contribution >= 0.6 is 0 Å². The van der Waals surface area contributed by atoms with Gasteiger partial charge in [-0.05, 0) is 26.0 Å². The number of hydrogen-bond donors (Lipinski definition) is 1. The van der Waals surface area contributed by atoms with Gasteiger partial charge in [0.2, 0.25) is 0 Å². The second-order valence-electron chi connectivity index (χ2n) is 3.96. The molecule has 0 saturated carbocycles. The first-order chi connectivity index (χ1) is 7.00. The maximum absolute atomic E-state index is 9.33. The highest BCUT2D eigenvalue weighted by Crippen LogP contribution is 2.20. The van der Waals surface area contributed by atoms with Crippen molar-refractivity contribution < 1.29 is 9.84 Å². The van der Waals surface area contributed by atoms with Crippen molar-refractivity contribution in [1.29, 1.82) is 0 Å². The van der Waals surface area contributed by atoms with E-state index >= 15 is 0 Å². The molecule has 0 aromatic heterocycles. The van der Waals surface area contributed by atoms with Gasteiger partial charge in [-0.15, -0.1) is 0 Å². The second-order valence-corrected chi connectivity index (χ2v) is 3.96. The van der Waals surface area contributed by atoms with Crippen LogP contribution in [0.25, 0.3) is 0 Å². The Morgan fingerprint density at radius 1 is 1.27 bits per heavy atom. The SMILES string of the molecule is CC(Oc1cccc(N(C)C)c1)[C@H](C)O. The van der Waals surface area contributed by atoms with Crippen LogP contribution in [0, 0.1) is 0 Å². The molecule has 0 amide bonds. The molecule has 1 unspecified atom stereocenters. The Labute approximate surface area is 91.3 Å². The number of rotatable bonds is 4. The Hall–Kier alpha value is -1.22. The van der Waals surface area contributed by atoms with E-state index in [4.69, 9.17) is 4.74 Å². The number of aliphatic hydroxyl groups is 1. The lowest BCUT2D eigenvalue weighted by atomic mass is 10.2. The van der Waals surface area contributed by atoms with Crippen molar-refractivity contribution in [3.05, 3.63) is 24.3 Å². The molecule has 1 aromatic carbocycles. The minimum absolute atomic E-state index is 0.192. The van der Waals surface area contributed by atoms with Crippen molar-refractivity contribution in [3.63, 3.8) is 0 Å². The average molecular weight is 209 g/mol. The monoisotopic (exact) mass is 209 g/mol. The van der Waals surface area contributed by atoms with Gasteiger partial charge in [-0.25, -0.2) is 0 Å². The summed E-state index contributed by atoms with van der Waals surface area (Å²) < 4.78 is 5.59. The lowest BCUT2D eigenvalue weighted by Gasteiger charge is -2.19. The van der Waals surface area contributed by atoms with Crippen molar-refractivity contribution >= 4 is 5.69 Å². The van der Waals surface area contributed by atoms with Gasteiger partial charge < -0.3 is 14.7 Å². The fourth-order valence-corrected chi connectivity index (χ4v) is 1.15. The van der Waals surface area contributed by atoms with Gasteiger partial charge in [-0.1, -0.05) is 6.07 Å². The highest BCUT2D eigenvalue weighted by atomic mass is 16.5. The molecular weight excluding hydrogens is 190 g/mol. The molecule has 2 atom stereocenters. The van der Waals surface area contributed by atoms with Crippen molar-refractivity contribution in [3.8, 4) is 5.75 Å². The maximum Gasteiger partial charge on any atom is 0.121 e. The van der Waals surface area contributed by atoms with Gasteiger partial charge in [-0.3, -0.25) is 0 Å². The predicted octanol–water partition coefficient (Wildman–Crippen LogP) is 1.90. The van der Waals surface area contributed by atoms with Crippen molar-refractivity contribution in [1.82, 2.24) is 0 Å². The number of benzene rings is 1. The largest absolute Gasteiger partial charge is 0.488 e. The molecule has 15 heavy (non-hydrogen) atoms. The summed E-state index contributed by atoms with van der Waals surface area (Å²) in [6, 6.07) is 7.81. The summed E-state index contributed by atoms with van der Waals surface area (Å²) in [5.74, 6) is 0.787. The van der Waals surface area contributed by atoms with Crippen LogP contribution in [0.15, 0.2) is 24.3 Å². The van der Waals surface area contributed by atoms with Crippen LogP contribution in [0.4, 0.5) is 5.69 Å². The van der Waals surface area contributed by atoms with Crippen molar-refractivity contribution in [2.24, 2.45) is 0 Å². The normalized spacial score (nSPS) is 14.5. The van der Waals surface area contributed by atoms with E-state index in [1.807, 2.05) is 50.2 Å². The number of aliphatic hydroxyl groups excluding tert-OH is 1. The van der Waals surface area contributed by atoms with Crippen LogP contribution in [-0.2, 0) is 0 Å². The molecule has 3 nitrogen and oxygen atoms in total. The molecule has 1 N–H and O–H groups in total. The summed E-state index contributed by atoms with van der Waals surface area (Å²) in [6.45, 7) is 3.58. The zero-order valence-electron chi connectivity index (χ0n) is 9.77. The van der Waals surface area contributed by atoms with Crippen molar-refractivity contribution in [2.75, 3.05) is 19.0 Å². The lowest BCUT2D eigenvalue weighted by molar-refractivity contribution is 0.0605. The van der Waals surface area contributed by atoms with E-state index in [2.05, 4.69) is 0 Å². The predicted molar refractivity (Wildman–Crippen MR) is 62.5 cm³/mol. The van der Waals surface area contributed by atoms with Crippen LogP contribution in [0.3, 0.4) is 0 Å². The number of hydrogen-bond acceptors (Lipinski definition) is 3. The molecule has 0 aliphatic carbocycles. The van der Waals surface area contributed by atoms with Gasteiger partial charge >= 0.3 is 0 Å². The summed E-state index contributed by atoms with van der Waals surface area (Å²) in [7, 11) is 3.97. The summed E-state index contributed by atoms with van der Waals surface area (Å²) in [4.78, 5) is 2.01. The maximum atomic E-state index is 9.33. The van der Waals surface area contributed by atoms with Gasteiger partial charge in [0.1, 0.15) is 11.9 Å². The smallest absolute Gasteiger partial charge is 0.121 e. The first kappa shape index (κ1) is 11.9. The number of ether oxygens (including phenoxy) is 1. The molecular formula is C12H19NO2. The minimum Gasteiger partial charge on any atom is -0.488 e. The van der Waals surface area contributed by atoms with E-state index in [1.165, 1.54) is 0 Å². The van der Waals surface area contributed by atoms with E-state index in [1.54, 1.807) is 6.92 Å². The van der Waals surface area contributed by atoms with Crippen molar-refractivity contribution in [2.45, 2.75) is 26.1 Å². The second kappa shape index (κ2) is 5.03. The molecule has 0 bridgehead atoms. The highest BCUT2D eigenvalue weighted by Gasteiger charge is 2.10. The highest BCUT2D eigenvalue weighted by molar-refractivity contribution is 5.49. The molecule has 1 rings (SSSR count). The Morgan fingerprint density at radius 3 is 2.47 bits per heavy atom. The van der Waals surface area contributed by atoms with E-state index in [-0.39, 0.29) is 6.10 Å². The molecule has 3 heteroatoms. The Kier molecular flexibility index (Phi) is 3.97. The summed E-state index contributed by atoms with van der Waals surface area (Å²) in [6.07, 6.45) is -0.657. The van der Waals surface area contributed by atoms with E-state index < -0.39 is 6.10 Å². The topological polar surface area (TPSA) is 32.7 Å². The Morgan fingerprint density at radius 2 is 1.93 bits per heavy atom. The summed E-state index contributed by atoms with van der Waals surface area (Å²) in [5, 5.41) is 9.33. The Balaban J connectivity index is 2.73. The molecule has 0 heterocycles. The standard InChI is InChI=1S/C12H19NO2/c1-9(14)10(2)15-12-7-5-6-11(8-12)13(3)4/h5-10,14H,1-4H3/t9-,10?/m0/s1. The Bertz CT molecular complexity index is 310. The van der Waals surface area contributed by atoms with Gasteiger partial charge in [0.25, 0.3) is 0 Å². The number of anilines is 1. The zero-order chi connectivity index (χ0) is 11.4. The zero-order valence-corrected chi connectivity index (χ0v) is 9.77. The third-order valence-corrected chi connectivity index (χ3v) is 2.34. The van der Waals surface area contributed by atoms with Crippen LogP contribution in [0.5, 0.6) is 5.75 Å². The average Bonchev–Trinajstić information content (AvgIpc) is 2.18. The van der Waals surface area contributed by atoms with E-state index in [9.17, 15) is 5.11 Å². The molecule has 0 spiro atoms. The summed E-state index contributed by atoms with van der Waals surface area (Å²) in [5.41, 5.74) is 1.09. The molecule has 0 saturated heterocycles. The molecule has 0 aliphatic heterocycles. The molecule has 0 fully saturated rings. The lowest BCUT2D eigenvalue weighted by Crippen LogP contribution is -2.25. The summed E-state index contributed by atoms with van der Waals surface area (Å²) >= 11 is 0. The fraction of sp³-hybridized carbons (Fsp3) is 0.500. The van der Waals surface area contributed by atoms with E-state index in [0.717, 1.165) is 11.4 Å². The third kappa shape index (κ3) is 3.44. The first-order valence-electron chi connectivity index (χ1n) is 5.13. The van der Waals surface area contributed by atoms with Gasteiger partial charge in [0.15, 0.2) is 0 Å². The van der Waals surface area contributed by atoms with Gasteiger partial charge in [-0.2, -0.15) is 0 Å². The van der Waals surface area contributed by atoms with Crippen LogP contribution in [0.2, 0.25) is 0 Å². The van der Waals surface area contributed by atoms with Gasteiger partial charge in [0.05, 0.1) is 6.10 Å². The van der Waals surface area contributed by atoms with Crippen LogP contribution in [0.1, 0.15) is 13.8 Å². The first-order valence-corrected chi connectivity index (χ1v) is 5.13. The molecule has 0 aliphatic rings. The molecule has 84 valence electrons. The third-order valence-electron chi connectivity index (χ3n) is 2.34. The van der Waals surface area contributed by atoms with Crippen LogP contribution in [-0.4, -0.2) is 31.4 Å².